The number of nitrogens with zero attached hydrogens (tertiary/aromatic N) is 3. The Morgan fingerprint density at radius 2 is 1.70 bits per heavy atom. The van der Waals surface area contributed by atoms with Crippen LogP contribution in [0.5, 0.6) is 0 Å². The maximum absolute atomic E-state index is 14.0. The van der Waals surface area contributed by atoms with Crippen LogP contribution in [0.2, 0.25) is 0 Å². The molecule has 1 saturated heterocycles. The van der Waals surface area contributed by atoms with Crippen molar-refractivity contribution in [2.75, 3.05) is 6.54 Å². The van der Waals surface area contributed by atoms with Gasteiger partial charge in [0.1, 0.15) is 12.1 Å². The fraction of sp³-hybridized carbons (Fsp3) is 0.471. The van der Waals surface area contributed by atoms with Gasteiger partial charge in [-0.2, -0.15) is 18.2 Å². The summed E-state index contributed by atoms with van der Waals surface area (Å²) in [6, 6.07) is 13.0. The second-order valence-electron chi connectivity index (χ2n) is 13.4. The van der Waals surface area contributed by atoms with E-state index in [-0.39, 0.29) is 31.3 Å². The minimum atomic E-state index is -5.08. The lowest BCUT2D eigenvalue weighted by atomic mass is 9.79. The highest BCUT2D eigenvalue weighted by Gasteiger charge is 2.45. The van der Waals surface area contributed by atoms with Gasteiger partial charge in [0.2, 0.25) is 29.4 Å². The molecule has 1 aromatic heterocycles. The summed E-state index contributed by atoms with van der Waals surface area (Å²) >= 11 is 0. The van der Waals surface area contributed by atoms with Gasteiger partial charge in [-0.25, -0.2) is 4.79 Å². The molecule has 2 aromatic carbocycles. The van der Waals surface area contributed by atoms with Crippen LogP contribution >= 0.6 is 0 Å². The molecule has 0 spiro atoms. The Morgan fingerprint density at radius 1 is 1.06 bits per heavy atom. The smallest absolute Gasteiger partial charge is 0.475 e. The summed E-state index contributed by atoms with van der Waals surface area (Å²) in [6.07, 6.45) is -4.51. The average molecular weight is 703 g/mol. The van der Waals surface area contributed by atoms with E-state index < -0.39 is 53.6 Å². The molecule has 3 aromatic rings. The number of fused-ring (bicyclic) bond motifs is 1. The molecular formula is C34H41F3N6O7. The van der Waals surface area contributed by atoms with Crippen molar-refractivity contribution in [2.24, 2.45) is 17.1 Å². The minimum Gasteiger partial charge on any atom is -0.475 e. The number of carbonyl (C=O) groups excluding carboxylic acids is 3. The number of carboxylic acid groups (broad SMARTS) is 1. The maximum atomic E-state index is 14.0. The number of hydrogen-bond donors (Lipinski definition) is 5. The average Bonchev–Trinajstić information content (AvgIpc) is 3.67. The van der Waals surface area contributed by atoms with E-state index in [1.165, 1.54) is 4.90 Å². The fourth-order valence-corrected chi connectivity index (χ4v) is 5.95. The van der Waals surface area contributed by atoms with Crippen LogP contribution in [-0.2, 0) is 32.1 Å². The summed E-state index contributed by atoms with van der Waals surface area (Å²) in [5.74, 6) is -3.33. The number of aliphatic hydroxyl groups is 1. The van der Waals surface area contributed by atoms with E-state index in [0.717, 1.165) is 28.7 Å². The Balaban J connectivity index is 0.000000727. The summed E-state index contributed by atoms with van der Waals surface area (Å²) in [5, 5.41) is 27.4. The van der Waals surface area contributed by atoms with Gasteiger partial charge in [-0.05, 0) is 34.9 Å². The Morgan fingerprint density at radius 3 is 2.28 bits per heavy atom. The molecule has 50 heavy (non-hydrogen) atoms. The van der Waals surface area contributed by atoms with Crippen molar-refractivity contribution >= 4 is 23.7 Å². The van der Waals surface area contributed by atoms with Crippen molar-refractivity contribution in [2.45, 2.75) is 83.9 Å². The standard InChI is InChI=1S/C32H40N6O5.C2HF3O2/c1-18-35-28(37-43-18)21-11-9-19(10-12-21)16-34-30(41)25-15-22(39)17-38(25)31(42)27(32(2,3)4)36-29(40)24-14-13-20-7-5-6-8-23(20)26(24)33;3-2(4,5)1(6)7/h5-12,22,24-27,39H,13-17,33H2,1-4H3,(H,34,41)(H,36,40);(H,6,7)/t22-,24-,25+,26+,27-;/m1./s1. The number of nitrogens with two attached hydrogens (primary N) is 1. The zero-order chi connectivity index (χ0) is 37.0. The highest BCUT2D eigenvalue weighted by molar-refractivity contribution is 5.93. The van der Waals surface area contributed by atoms with Gasteiger partial charge in [0, 0.05) is 38.0 Å². The van der Waals surface area contributed by atoms with Crippen molar-refractivity contribution in [1.29, 1.82) is 0 Å². The number of amides is 3. The Kier molecular flexibility index (Phi) is 11.7. The number of benzene rings is 2. The lowest BCUT2D eigenvalue weighted by molar-refractivity contribution is -0.192. The fourth-order valence-electron chi connectivity index (χ4n) is 5.95. The molecule has 13 nitrogen and oxygen atoms in total. The van der Waals surface area contributed by atoms with Gasteiger partial charge in [0.05, 0.1) is 12.0 Å². The van der Waals surface area contributed by atoms with Gasteiger partial charge < -0.3 is 36.0 Å². The number of aliphatic carboxylic acids is 1. The summed E-state index contributed by atoms with van der Waals surface area (Å²) < 4.78 is 36.8. The monoisotopic (exact) mass is 702 g/mol. The number of carbonyl (C=O) groups is 4. The topological polar surface area (TPSA) is 201 Å². The maximum Gasteiger partial charge on any atom is 0.490 e. The highest BCUT2D eigenvalue weighted by Crippen LogP contribution is 2.34. The third-order valence-electron chi connectivity index (χ3n) is 8.62. The van der Waals surface area contributed by atoms with Crippen molar-refractivity contribution in [3.8, 4) is 11.4 Å². The van der Waals surface area contributed by atoms with Gasteiger partial charge in [0.15, 0.2) is 0 Å². The zero-order valence-electron chi connectivity index (χ0n) is 28.0. The molecule has 1 aliphatic heterocycles. The number of alkyl halides is 3. The molecule has 5 rings (SSSR count). The van der Waals surface area contributed by atoms with E-state index in [0.29, 0.717) is 18.1 Å². The summed E-state index contributed by atoms with van der Waals surface area (Å²) in [4.78, 5) is 55.3. The van der Waals surface area contributed by atoms with Crippen LogP contribution in [0.15, 0.2) is 53.1 Å². The van der Waals surface area contributed by atoms with Crippen LogP contribution in [0.25, 0.3) is 11.4 Å². The Hall–Kier alpha value is -4.83. The quantitative estimate of drug-likeness (QED) is 0.244. The van der Waals surface area contributed by atoms with Gasteiger partial charge in [-0.1, -0.05) is 74.5 Å². The summed E-state index contributed by atoms with van der Waals surface area (Å²) in [5.41, 5.74) is 9.59. The molecule has 0 radical (unpaired) electrons. The first kappa shape index (κ1) is 38.0. The number of carboxylic acids is 1. The first-order valence-electron chi connectivity index (χ1n) is 16.0. The number of aliphatic hydroxyl groups excluding tert-OH is 1. The second kappa shape index (κ2) is 15.4. The molecule has 5 atom stereocenters. The van der Waals surface area contributed by atoms with Crippen LogP contribution in [0.3, 0.4) is 0 Å². The molecule has 0 bridgehead atoms. The molecule has 0 unspecified atom stereocenters. The number of aryl methyl sites for hydroxylation is 2. The van der Waals surface area contributed by atoms with Crippen LogP contribution < -0.4 is 16.4 Å². The number of hydrogen-bond acceptors (Lipinski definition) is 9. The Bertz CT molecular complexity index is 1690. The lowest BCUT2D eigenvalue weighted by Crippen LogP contribution is -2.59. The van der Waals surface area contributed by atoms with E-state index in [4.69, 9.17) is 20.2 Å². The summed E-state index contributed by atoms with van der Waals surface area (Å²) in [7, 11) is 0. The number of aromatic nitrogens is 2. The van der Waals surface area contributed by atoms with E-state index in [2.05, 4.69) is 20.8 Å². The highest BCUT2D eigenvalue weighted by atomic mass is 19.4. The predicted molar refractivity (Wildman–Crippen MR) is 173 cm³/mol. The number of nitrogens with one attached hydrogen (secondary N) is 2. The third kappa shape index (κ3) is 9.24. The lowest BCUT2D eigenvalue weighted by Gasteiger charge is -2.37. The van der Waals surface area contributed by atoms with E-state index >= 15 is 0 Å². The van der Waals surface area contributed by atoms with Gasteiger partial charge in [0.25, 0.3) is 0 Å². The van der Waals surface area contributed by atoms with E-state index in [1.807, 2.05) is 69.3 Å². The third-order valence-corrected chi connectivity index (χ3v) is 8.62. The van der Waals surface area contributed by atoms with Crippen molar-refractivity contribution in [3.05, 3.63) is 71.1 Å². The molecule has 6 N–H and O–H groups in total. The normalized spacial score (nSPS) is 20.9. The Labute approximate surface area is 286 Å². The number of halogens is 3. The van der Waals surface area contributed by atoms with E-state index in [1.54, 1.807) is 6.92 Å². The van der Waals surface area contributed by atoms with Crippen LogP contribution in [0.1, 0.15) is 62.2 Å². The van der Waals surface area contributed by atoms with E-state index in [9.17, 15) is 32.7 Å². The van der Waals surface area contributed by atoms with Gasteiger partial charge in [-0.15, -0.1) is 0 Å². The van der Waals surface area contributed by atoms with Crippen molar-refractivity contribution in [1.82, 2.24) is 25.7 Å². The molecule has 3 amide bonds. The number of rotatable bonds is 7. The molecule has 2 aliphatic rings. The number of likely N-dealkylation sites (tertiary alicyclic amines) is 1. The van der Waals surface area contributed by atoms with Gasteiger partial charge >= 0.3 is 12.1 Å². The first-order valence-corrected chi connectivity index (χ1v) is 16.0. The second-order valence-corrected chi connectivity index (χ2v) is 13.4. The molecule has 1 fully saturated rings. The molecule has 0 saturated carbocycles. The molecular weight excluding hydrogens is 661 g/mol. The molecule has 270 valence electrons. The molecule has 16 heteroatoms. The van der Waals surface area contributed by atoms with Crippen molar-refractivity contribution < 1.29 is 47.1 Å². The first-order chi connectivity index (χ1) is 23.4. The molecule has 1 aliphatic carbocycles. The van der Waals surface area contributed by atoms with Gasteiger partial charge in [-0.3, -0.25) is 14.4 Å². The van der Waals surface area contributed by atoms with Crippen molar-refractivity contribution in [3.63, 3.8) is 0 Å². The largest absolute Gasteiger partial charge is 0.490 e. The van der Waals surface area contributed by atoms with Crippen LogP contribution in [0, 0.1) is 18.3 Å². The minimum absolute atomic E-state index is 0.00843. The van der Waals surface area contributed by atoms with Crippen LogP contribution in [-0.4, -0.2) is 79.9 Å². The number of β-amino-alcohol motifs (C(OH)–C–C–N with tert-alkyl or cyclic N) is 1. The zero-order valence-corrected chi connectivity index (χ0v) is 28.0. The predicted octanol–water partition coefficient (Wildman–Crippen LogP) is 3.05. The summed E-state index contributed by atoms with van der Waals surface area (Å²) in [6.45, 7) is 7.57. The van der Waals surface area contributed by atoms with Crippen LogP contribution in [0.4, 0.5) is 13.2 Å². The SMILES string of the molecule is Cc1nc(-c2ccc(CNC(=O)[C@@H]3C[C@@H](O)CN3C(=O)[C@@H](NC(=O)[C@@H]3CCc4ccccc4[C@@H]3N)C(C)(C)C)cc2)no1.O=C(O)C(F)(F)F. The molecule has 2 heterocycles.